The summed E-state index contributed by atoms with van der Waals surface area (Å²) in [5.41, 5.74) is 8.99. The number of aromatic nitrogens is 4. The van der Waals surface area contributed by atoms with E-state index in [2.05, 4.69) is 19.9 Å². The van der Waals surface area contributed by atoms with E-state index in [1.807, 2.05) is 25.1 Å². The number of aromatic amines is 2. The van der Waals surface area contributed by atoms with Gasteiger partial charge in [0, 0.05) is 5.56 Å². The number of benzene rings is 1. The molecule has 0 aliphatic heterocycles. The van der Waals surface area contributed by atoms with Crippen molar-refractivity contribution in [3.05, 3.63) is 29.2 Å². The highest BCUT2D eigenvalue weighted by molar-refractivity contribution is 6.32. The fraction of sp³-hybridized carbons (Fsp3) is 0.0909. The Labute approximate surface area is 102 Å². The maximum Gasteiger partial charge on any atom is 0.199 e. The van der Waals surface area contributed by atoms with Gasteiger partial charge in [-0.2, -0.15) is 0 Å². The van der Waals surface area contributed by atoms with E-state index in [0.29, 0.717) is 16.8 Å². The van der Waals surface area contributed by atoms with Crippen molar-refractivity contribution in [2.24, 2.45) is 0 Å². The van der Waals surface area contributed by atoms with Gasteiger partial charge in [0.05, 0.1) is 11.0 Å². The zero-order chi connectivity index (χ0) is 12.0. The van der Waals surface area contributed by atoms with E-state index >= 15 is 0 Å². The maximum atomic E-state index is 6.01. The zero-order valence-corrected chi connectivity index (χ0v) is 9.84. The summed E-state index contributed by atoms with van der Waals surface area (Å²) < 4.78 is 0. The van der Waals surface area contributed by atoms with Crippen molar-refractivity contribution in [3.8, 4) is 11.3 Å². The fourth-order valence-electron chi connectivity index (χ4n) is 1.84. The largest absolute Gasteiger partial charge is 0.369 e. The quantitative estimate of drug-likeness (QED) is 0.618. The van der Waals surface area contributed by atoms with Crippen LogP contribution in [-0.2, 0) is 0 Å². The van der Waals surface area contributed by atoms with E-state index in [4.69, 9.17) is 17.3 Å². The van der Waals surface area contributed by atoms with E-state index in [-0.39, 0.29) is 0 Å². The summed E-state index contributed by atoms with van der Waals surface area (Å²) in [7, 11) is 0. The number of rotatable bonds is 1. The van der Waals surface area contributed by atoms with Crippen LogP contribution in [0.1, 0.15) is 5.82 Å². The monoisotopic (exact) mass is 247 g/mol. The van der Waals surface area contributed by atoms with Crippen molar-refractivity contribution in [2.45, 2.75) is 6.92 Å². The van der Waals surface area contributed by atoms with E-state index in [9.17, 15) is 0 Å². The molecule has 0 aliphatic carbocycles. The van der Waals surface area contributed by atoms with Gasteiger partial charge >= 0.3 is 0 Å². The van der Waals surface area contributed by atoms with Crippen LogP contribution in [0.3, 0.4) is 0 Å². The molecule has 0 atom stereocenters. The van der Waals surface area contributed by atoms with Crippen molar-refractivity contribution in [2.75, 3.05) is 5.73 Å². The molecule has 0 spiro atoms. The van der Waals surface area contributed by atoms with E-state index in [1.165, 1.54) is 0 Å². The molecule has 0 fully saturated rings. The molecule has 3 rings (SSSR count). The van der Waals surface area contributed by atoms with Gasteiger partial charge in [0.15, 0.2) is 5.95 Å². The summed E-state index contributed by atoms with van der Waals surface area (Å²) in [6, 6.07) is 5.80. The minimum Gasteiger partial charge on any atom is -0.369 e. The van der Waals surface area contributed by atoms with Crippen LogP contribution in [0.15, 0.2) is 18.2 Å². The normalized spacial score (nSPS) is 11.2. The molecule has 5 nitrogen and oxygen atoms in total. The molecule has 2 aromatic heterocycles. The molecule has 4 N–H and O–H groups in total. The van der Waals surface area contributed by atoms with E-state index in [1.54, 1.807) is 0 Å². The number of anilines is 1. The average molecular weight is 248 g/mol. The van der Waals surface area contributed by atoms with Crippen LogP contribution in [0.4, 0.5) is 5.95 Å². The van der Waals surface area contributed by atoms with Gasteiger partial charge in [-0.05, 0) is 19.1 Å². The Morgan fingerprint density at radius 1 is 1.24 bits per heavy atom. The van der Waals surface area contributed by atoms with E-state index in [0.717, 1.165) is 22.4 Å². The number of nitrogens with zero attached hydrogens (tertiary/aromatic N) is 2. The summed E-state index contributed by atoms with van der Waals surface area (Å²) in [5.74, 6) is 1.19. The van der Waals surface area contributed by atoms with Crippen LogP contribution in [-0.4, -0.2) is 19.9 Å². The van der Waals surface area contributed by atoms with Crippen LogP contribution in [0.25, 0.3) is 22.3 Å². The molecule has 0 saturated carbocycles. The molecular formula is C11H10ClN5. The molecule has 0 saturated heterocycles. The molecule has 0 radical (unpaired) electrons. The predicted octanol–water partition coefficient (Wildman–Crippen LogP) is 2.50. The Morgan fingerprint density at radius 2 is 2.06 bits per heavy atom. The number of hydrogen-bond acceptors (Lipinski definition) is 3. The minimum absolute atomic E-state index is 0.311. The molecule has 0 aliphatic rings. The molecule has 17 heavy (non-hydrogen) atoms. The number of halogens is 1. The number of aryl methyl sites for hydroxylation is 1. The second-order valence-corrected chi connectivity index (χ2v) is 4.22. The SMILES string of the molecule is Cc1nc2ccc(-c3nc(N)[nH]c3Cl)cc2[nH]1. The Bertz CT molecular complexity index is 697. The number of nitrogens with one attached hydrogen (secondary N) is 2. The number of nitrogen functional groups attached to an aromatic ring is 1. The molecule has 0 bridgehead atoms. The van der Waals surface area contributed by atoms with Gasteiger partial charge in [-0.3, -0.25) is 0 Å². The summed E-state index contributed by atoms with van der Waals surface area (Å²) in [5, 5.41) is 0.443. The van der Waals surface area contributed by atoms with Gasteiger partial charge in [-0.1, -0.05) is 17.7 Å². The summed E-state index contributed by atoms with van der Waals surface area (Å²) in [6.07, 6.45) is 0. The van der Waals surface area contributed by atoms with Crippen molar-refractivity contribution in [3.63, 3.8) is 0 Å². The first kappa shape index (κ1) is 10.2. The van der Waals surface area contributed by atoms with Crippen LogP contribution in [0, 0.1) is 6.92 Å². The van der Waals surface area contributed by atoms with Crippen molar-refractivity contribution in [1.29, 1.82) is 0 Å². The topological polar surface area (TPSA) is 83.4 Å². The van der Waals surface area contributed by atoms with Gasteiger partial charge in [0.2, 0.25) is 0 Å². The third-order valence-corrected chi connectivity index (χ3v) is 2.83. The average Bonchev–Trinajstić information content (AvgIpc) is 2.78. The number of fused-ring (bicyclic) bond motifs is 1. The Morgan fingerprint density at radius 3 is 2.76 bits per heavy atom. The lowest BCUT2D eigenvalue weighted by atomic mass is 10.1. The second kappa shape index (κ2) is 3.49. The van der Waals surface area contributed by atoms with Crippen molar-refractivity contribution in [1.82, 2.24) is 19.9 Å². The molecule has 0 amide bonds. The highest BCUT2D eigenvalue weighted by Gasteiger charge is 2.10. The smallest absolute Gasteiger partial charge is 0.199 e. The third-order valence-electron chi connectivity index (χ3n) is 2.55. The Hall–Kier alpha value is -2.01. The number of hydrogen-bond donors (Lipinski definition) is 3. The standard InChI is InChI=1S/C11H10ClN5/c1-5-14-7-3-2-6(4-8(7)15-5)9-10(12)17-11(13)16-9/h2-4H,1H3,(H,14,15)(H3,13,16,17). The number of nitrogens with two attached hydrogens (primary N) is 1. The number of imidazole rings is 2. The van der Waals surface area contributed by atoms with E-state index < -0.39 is 0 Å². The lowest BCUT2D eigenvalue weighted by Gasteiger charge is -1.97. The summed E-state index contributed by atoms with van der Waals surface area (Å²) >= 11 is 6.01. The van der Waals surface area contributed by atoms with Crippen molar-refractivity contribution < 1.29 is 0 Å². The van der Waals surface area contributed by atoms with Gasteiger partial charge < -0.3 is 15.7 Å². The van der Waals surface area contributed by atoms with Crippen molar-refractivity contribution >= 4 is 28.6 Å². The lowest BCUT2D eigenvalue weighted by Crippen LogP contribution is -1.85. The van der Waals surface area contributed by atoms with Crippen LogP contribution in [0.2, 0.25) is 5.15 Å². The first-order valence-electron chi connectivity index (χ1n) is 5.11. The molecule has 3 aromatic rings. The Kier molecular flexibility index (Phi) is 2.09. The highest BCUT2D eigenvalue weighted by atomic mass is 35.5. The molecular weight excluding hydrogens is 238 g/mol. The highest BCUT2D eigenvalue weighted by Crippen LogP contribution is 2.28. The first-order valence-corrected chi connectivity index (χ1v) is 5.49. The van der Waals surface area contributed by atoms with Crippen LogP contribution in [0.5, 0.6) is 0 Å². The zero-order valence-electron chi connectivity index (χ0n) is 9.08. The molecule has 86 valence electrons. The second-order valence-electron chi connectivity index (χ2n) is 3.84. The number of H-pyrrole nitrogens is 2. The van der Waals surface area contributed by atoms with Gasteiger partial charge in [0.1, 0.15) is 16.7 Å². The Balaban J connectivity index is 2.20. The lowest BCUT2D eigenvalue weighted by molar-refractivity contribution is 1.17. The van der Waals surface area contributed by atoms with Crippen LogP contribution >= 0.6 is 11.6 Å². The van der Waals surface area contributed by atoms with Gasteiger partial charge in [-0.15, -0.1) is 0 Å². The summed E-state index contributed by atoms with van der Waals surface area (Å²) in [4.78, 5) is 14.4. The third kappa shape index (κ3) is 1.64. The maximum absolute atomic E-state index is 6.01. The predicted molar refractivity (Wildman–Crippen MR) is 67.8 cm³/mol. The van der Waals surface area contributed by atoms with Gasteiger partial charge in [-0.25, -0.2) is 9.97 Å². The molecule has 2 heterocycles. The molecule has 1 aromatic carbocycles. The van der Waals surface area contributed by atoms with Gasteiger partial charge in [0.25, 0.3) is 0 Å². The van der Waals surface area contributed by atoms with Crippen LogP contribution < -0.4 is 5.73 Å². The molecule has 6 heteroatoms. The fourth-order valence-corrected chi connectivity index (χ4v) is 2.09. The molecule has 0 unspecified atom stereocenters. The first-order chi connectivity index (χ1) is 8.13. The minimum atomic E-state index is 0.311. The summed E-state index contributed by atoms with van der Waals surface area (Å²) in [6.45, 7) is 1.92.